The van der Waals surface area contributed by atoms with E-state index in [1.807, 2.05) is 36.4 Å². The van der Waals surface area contributed by atoms with Crippen molar-refractivity contribution in [1.29, 1.82) is 0 Å². The molecule has 1 N–H and O–H groups in total. The highest BCUT2D eigenvalue weighted by Gasteiger charge is 2.29. The highest BCUT2D eigenvalue weighted by atomic mass is 35.5. The van der Waals surface area contributed by atoms with Gasteiger partial charge in [0.15, 0.2) is 5.60 Å². The fraction of sp³-hybridized carbons (Fsp3) is 0.208. The van der Waals surface area contributed by atoms with Gasteiger partial charge in [0.25, 0.3) is 0 Å². The van der Waals surface area contributed by atoms with Gasteiger partial charge in [-0.05, 0) is 80.1 Å². The monoisotopic (exact) mass is 438 g/mol. The van der Waals surface area contributed by atoms with Crippen LogP contribution in [0.5, 0.6) is 11.5 Å². The third-order valence-corrected chi connectivity index (χ3v) is 4.67. The van der Waals surface area contributed by atoms with Gasteiger partial charge >= 0.3 is 5.97 Å². The van der Waals surface area contributed by atoms with Crippen LogP contribution in [0.15, 0.2) is 83.0 Å². The molecule has 0 aromatic heterocycles. The summed E-state index contributed by atoms with van der Waals surface area (Å²) in [4.78, 5) is 11.1. The average molecular weight is 439 g/mol. The van der Waals surface area contributed by atoms with E-state index in [-0.39, 0.29) is 0 Å². The average Bonchev–Trinajstić information content (AvgIpc) is 2.75. The van der Waals surface area contributed by atoms with Gasteiger partial charge in [0.1, 0.15) is 11.5 Å². The number of azo groups is 1. The number of carboxylic acids is 1. The Morgan fingerprint density at radius 1 is 0.871 bits per heavy atom. The predicted molar refractivity (Wildman–Crippen MR) is 120 cm³/mol. The zero-order valence-electron chi connectivity index (χ0n) is 17.3. The van der Waals surface area contributed by atoms with Gasteiger partial charge < -0.3 is 14.6 Å². The summed E-state index contributed by atoms with van der Waals surface area (Å²) in [5.74, 6) is 0.141. The summed E-state index contributed by atoms with van der Waals surface area (Å²) >= 11 is 5.86. The molecule has 0 aliphatic carbocycles. The molecule has 0 heterocycles. The van der Waals surface area contributed by atoms with Crippen LogP contribution in [-0.4, -0.2) is 23.3 Å². The van der Waals surface area contributed by atoms with Crippen LogP contribution in [0.25, 0.3) is 0 Å². The first kappa shape index (κ1) is 22.3. The van der Waals surface area contributed by atoms with Crippen LogP contribution in [0.1, 0.15) is 19.4 Å². The van der Waals surface area contributed by atoms with Crippen molar-refractivity contribution in [1.82, 2.24) is 0 Å². The van der Waals surface area contributed by atoms with E-state index in [1.54, 1.807) is 36.4 Å². The molecule has 0 bridgehead atoms. The molecule has 31 heavy (non-hydrogen) atoms. The Morgan fingerprint density at radius 3 is 1.94 bits per heavy atom. The first-order chi connectivity index (χ1) is 14.8. The van der Waals surface area contributed by atoms with Crippen molar-refractivity contribution < 1.29 is 19.4 Å². The highest BCUT2D eigenvalue weighted by molar-refractivity contribution is 6.30. The van der Waals surface area contributed by atoms with E-state index in [1.165, 1.54) is 13.8 Å². The lowest BCUT2D eigenvalue weighted by atomic mass is 10.1. The van der Waals surface area contributed by atoms with Crippen LogP contribution in [0.2, 0.25) is 5.02 Å². The van der Waals surface area contributed by atoms with Crippen LogP contribution in [-0.2, 0) is 11.2 Å². The first-order valence-corrected chi connectivity index (χ1v) is 10.1. The standard InChI is InChI=1S/C24H23ClN2O4/c1-24(2,23(28)29)31-22-13-11-21(12-14-22)30-16-15-17-3-7-19(8-4-17)26-27-20-9-5-18(25)6-10-20/h3-14H,15-16H2,1-2H3,(H,28,29). The minimum Gasteiger partial charge on any atom is -0.493 e. The molecule has 3 aromatic carbocycles. The van der Waals surface area contributed by atoms with Gasteiger partial charge in [0.05, 0.1) is 18.0 Å². The van der Waals surface area contributed by atoms with E-state index in [2.05, 4.69) is 10.2 Å². The van der Waals surface area contributed by atoms with Gasteiger partial charge in [-0.15, -0.1) is 0 Å². The number of ether oxygens (including phenoxy) is 2. The number of hydrogen-bond acceptors (Lipinski definition) is 5. The molecule has 0 radical (unpaired) electrons. The number of benzene rings is 3. The second-order valence-electron chi connectivity index (χ2n) is 7.33. The van der Waals surface area contributed by atoms with E-state index >= 15 is 0 Å². The van der Waals surface area contributed by atoms with E-state index in [0.29, 0.717) is 23.1 Å². The van der Waals surface area contributed by atoms with Crippen molar-refractivity contribution in [3.63, 3.8) is 0 Å². The zero-order valence-corrected chi connectivity index (χ0v) is 18.0. The van der Waals surface area contributed by atoms with Gasteiger partial charge in [-0.1, -0.05) is 23.7 Å². The number of rotatable bonds is 9. The lowest BCUT2D eigenvalue weighted by molar-refractivity contribution is -0.152. The minimum absolute atomic E-state index is 0.475. The molecule has 3 rings (SSSR count). The molecular formula is C24H23ClN2O4. The maximum atomic E-state index is 11.1. The summed E-state index contributed by atoms with van der Waals surface area (Å²) in [6, 6.07) is 21.9. The number of aliphatic carboxylic acids is 1. The summed E-state index contributed by atoms with van der Waals surface area (Å²) in [5, 5.41) is 18.2. The Balaban J connectivity index is 1.47. The fourth-order valence-corrected chi connectivity index (χ4v) is 2.71. The third-order valence-electron chi connectivity index (χ3n) is 4.42. The van der Waals surface area contributed by atoms with Gasteiger partial charge in [0, 0.05) is 11.4 Å². The Bertz CT molecular complexity index is 1030. The molecular weight excluding hydrogens is 416 g/mol. The number of nitrogens with zero attached hydrogens (tertiary/aromatic N) is 2. The van der Waals surface area contributed by atoms with Crippen LogP contribution in [0.3, 0.4) is 0 Å². The van der Waals surface area contributed by atoms with Crippen molar-refractivity contribution in [2.75, 3.05) is 6.61 Å². The number of carboxylic acid groups (broad SMARTS) is 1. The van der Waals surface area contributed by atoms with Gasteiger partial charge in [-0.25, -0.2) is 4.79 Å². The topological polar surface area (TPSA) is 80.5 Å². The Morgan fingerprint density at radius 2 is 1.39 bits per heavy atom. The quantitative estimate of drug-likeness (QED) is 0.380. The van der Waals surface area contributed by atoms with E-state index < -0.39 is 11.6 Å². The Kier molecular flexibility index (Phi) is 7.26. The smallest absolute Gasteiger partial charge is 0.347 e. The molecule has 3 aromatic rings. The van der Waals surface area contributed by atoms with Crippen molar-refractivity contribution in [3.05, 3.63) is 83.4 Å². The SMILES string of the molecule is CC(C)(Oc1ccc(OCCc2ccc(N=Nc3ccc(Cl)cc3)cc2)cc1)C(=O)O. The summed E-state index contributed by atoms with van der Waals surface area (Å²) in [7, 11) is 0. The normalized spacial score (nSPS) is 11.5. The van der Waals surface area contributed by atoms with E-state index in [0.717, 1.165) is 23.4 Å². The molecule has 160 valence electrons. The largest absolute Gasteiger partial charge is 0.493 e. The summed E-state index contributed by atoms with van der Waals surface area (Å²) in [5.41, 5.74) is 1.33. The maximum Gasteiger partial charge on any atom is 0.347 e. The summed E-state index contributed by atoms with van der Waals surface area (Å²) in [6.07, 6.45) is 0.735. The molecule has 0 saturated heterocycles. The molecule has 0 spiro atoms. The highest BCUT2D eigenvalue weighted by Crippen LogP contribution is 2.23. The lowest BCUT2D eigenvalue weighted by Crippen LogP contribution is -2.37. The van der Waals surface area contributed by atoms with Gasteiger partial charge in [-0.2, -0.15) is 10.2 Å². The second kappa shape index (κ2) is 10.1. The molecule has 0 atom stereocenters. The van der Waals surface area contributed by atoms with Crippen molar-refractivity contribution in [2.24, 2.45) is 10.2 Å². The molecule has 0 aliphatic rings. The third kappa shape index (κ3) is 6.83. The minimum atomic E-state index is -1.29. The molecule has 0 saturated carbocycles. The summed E-state index contributed by atoms with van der Waals surface area (Å²) < 4.78 is 11.2. The van der Waals surface area contributed by atoms with Crippen LogP contribution >= 0.6 is 11.6 Å². The van der Waals surface area contributed by atoms with Crippen molar-refractivity contribution in [3.8, 4) is 11.5 Å². The number of halogens is 1. The van der Waals surface area contributed by atoms with Crippen LogP contribution in [0, 0.1) is 0 Å². The van der Waals surface area contributed by atoms with Crippen molar-refractivity contribution in [2.45, 2.75) is 25.9 Å². The van der Waals surface area contributed by atoms with E-state index in [4.69, 9.17) is 26.2 Å². The van der Waals surface area contributed by atoms with Crippen LogP contribution < -0.4 is 9.47 Å². The molecule has 0 amide bonds. The molecule has 0 unspecified atom stereocenters. The molecule has 6 nitrogen and oxygen atoms in total. The number of hydrogen-bond donors (Lipinski definition) is 1. The lowest BCUT2D eigenvalue weighted by Gasteiger charge is -2.21. The summed E-state index contributed by atoms with van der Waals surface area (Å²) in [6.45, 7) is 3.51. The first-order valence-electron chi connectivity index (χ1n) is 9.73. The van der Waals surface area contributed by atoms with E-state index in [9.17, 15) is 4.79 Å². The zero-order chi connectivity index (χ0) is 22.3. The molecule has 0 fully saturated rings. The second-order valence-corrected chi connectivity index (χ2v) is 7.77. The van der Waals surface area contributed by atoms with Gasteiger partial charge in [0.2, 0.25) is 0 Å². The predicted octanol–water partition coefficient (Wildman–Crippen LogP) is 6.62. The molecule has 0 aliphatic heterocycles. The number of carbonyl (C=O) groups is 1. The Labute approximate surface area is 186 Å². The van der Waals surface area contributed by atoms with Crippen molar-refractivity contribution >= 4 is 28.9 Å². The fourth-order valence-electron chi connectivity index (χ4n) is 2.58. The Hall–Kier alpha value is -3.38. The van der Waals surface area contributed by atoms with Gasteiger partial charge in [-0.3, -0.25) is 0 Å². The van der Waals surface area contributed by atoms with Crippen LogP contribution in [0.4, 0.5) is 11.4 Å². The maximum absolute atomic E-state index is 11.1. The molecule has 7 heteroatoms.